The maximum Gasteiger partial charge on any atom is 0.254 e. The standard InChI is InChI=1S/C16H22FN3O2/c1-12(2)20(11-15(21)19-8-6-18-7-9-19)16(22)13-4-3-5-14(17)10-13/h3-5,10,12,18H,6-9,11H2,1-2H3. The van der Waals surface area contributed by atoms with Gasteiger partial charge in [-0.1, -0.05) is 6.07 Å². The highest BCUT2D eigenvalue weighted by Crippen LogP contribution is 2.11. The molecule has 1 heterocycles. The largest absolute Gasteiger partial charge is 0.339 e. The number of halogens is 1. The highest BCUT2D eigenvalue weighted by Gasteiger charge is 2.25. The number of carbonyl (C=O) groups is 2. The summed E-state index contributed by atoms with van der Waals surface area (Å²) >= 11 is 0. The molecule has 120 valence electrons. The summed E-state index contributed by atoms with van der Waals surface area (Å²) in [4.78, 5) is 28.1. The number of carbonyl (C=O) groups excluding carboxylic acids is 2. The first kappa shape index (κ1) is 16.4. The van der Waals surface area contributed by atoms with Crippen LogP contribution in [0.5, 0.6) is 0 Å². The van der Waals surface area contributed by atoms with E-state index < -0.39 is 5.82 Å². The van der Waals surface area contributed by atoms with Crippen molar-refractivity contribution < 1.29 is 14.0 Å². The van der Waals surface area contributed by atoms with Crippen LogP contribution >= 0.6 is 0 Å². The molecule has 1 aliphatic rings. The van der Waals surface area contributed by atoms with Gasteiger partial charge in [0.25, 0.3) is 5.91 Å². The molecule has 0 aliphatic carbocycles. The molecule has 1 fully saturated rings. The Morgan fingerprint density at radius 1 is 1.32 bits per heavy atom. The van der Waals surface area contributed by atoms with Crippen molar-refractivity contribution in [1.29, 1.82) is 0 Å². The summed E-state index contributed by atoms with van der Waals surface area (Å²) in [6, 6.07) is 5.42. The summed E-state index contributed by atoms with van der Waals surface area (Å²) in [6.07, 6.45) is 0. The molecule has 6 heteroatoms. The zero-order chi connectivity index (χ0) is 16.1. The van der Waals surface area contributed by atoms with Gasteiger partial charge in [-0.25, -0.2) is 4.39 Å². The Bertz CT molecular complexity index is 542. The number of hydrogen-bond acceptors (Lipinski definition) is 3. The predicted octanol–water partition coefficient (Wildman–Crippen LogP) is 1.11. The summed E-state index contributed by atoms with van der Waals surface area (Å²) in [5.41, 5.74) is 0.266. The van der Waals surface area contributed by atoms with Crippen LogP contribution in [-0.4, -0.2) is 60.4 Å². The minimum Gasteiger partial charge on any atom is -0.339 e. The first-order valence-corrected chi connectivity index (χ1v) is 7.54. The van der Waals surface area contributed by atoms with Gasteiger partial charge in [0.1, 0.15) is 12.4 Å². The fourth-order valence-corrected chi connectivity index (χ4v) is 2.44. The molecule has 2 rings (SSSR count). The molecule has 0 saturated carbocycles. The smallest absolute Gasteiger partial charge is 0.254 e. The zero-order valence-electron chi connectivity index (χ0n) is 13.0. The lowest BCUT2D eigenvalue weighted by molar-refractivity contribution is -0.132. The molecule has 0 aromatic heterocycles. The van der Waals surface area contributed by atoms with Crippen LogP contribution in [-0.2, 0) is 4.79 Å². The maximum absolute atomic E-state index is 13.3. The van der Waals surface area contributed by atoms with Crippen LogP contribution in [0.2, 0.25) is 0 Å². The van der Waals surface area contributed by atoms with E-state index in [-0.39, 0.29) is 30.0 Å². The first-order chi connectivity index (χ1) is 10.5. The van der Waals surface area contributed by atoms with Crippen molar-refractivity contribution >= 4 is 11.8 Å². The van der Waals surface area contributed by atoms with Crippen molar-refractivity contribution in [3.05, 3.63) is 35.6 Å². The van der Waals surface area contributed by atoms with Crippen molar-refractivity contribution in [2.24, 2.45) is 0 Å². The maximum atomic E-state index is 13.3. The minimum absolute atomic E-state index is 0.0208. The molecule has 22 heavy (non-hydrogen) atoms. The molecule has 1 N–H and O–H groups in total. The van der Waals surface area contributed by atoms with E-state index in [0.717, 1.165) is 13.1 Å². The summed E-state index contributed by atoms with van der Waals surface area (Å²) in [5.74, 6) is -0.846. The third-order valence-corrected chi connectivity index (χ3v) is 3.73. The van der Waals surface area contributed by atoms with Gasteiger partial charge in [-0.2, -0.15) is 0 Å². The van der Waals surface area contributed by atoms with E-state index in [1.807, 2.05) is 13.8 Å². The van der Waals surface area contributed by atoms with E-state index in [1.54, 1.807) is 11.0 Å². The van der Waals surface area contributed by atoms with E-state index in [4.69, 9.17) is 0 Å². The molecule has 1 aromatic carbocycles. The zero-order valence-corrected chi connectivity index (χ0v) is 13.0. The van der Waals surface area contributed by atoms with Crippen molar-refractivity contribution in [3.8, 4) is 0 Å². The fraction of sp³-hybridized carbons (Fsp3) is 0.500. The molecular formula is C16H22FN3O2. The van der Waals surface area contributed by atoms with Gasteiger partial charge in [0.15, 0.2) is 0 Å². The lowest BCUT2D eigenvalue weighted by atomic mass is 10.1. The Labute approximate surface area is 130 Å². The fourth-order valence-electron chi connectivity index (χ4n) is 2.44. The quantitative estimate of drug-likeness (QED) is 0.906. The Balaban J connectivity index is 2.09. The van der Waals surface area contributed by atoms with E-state index in [1.165, 1.54) is 23.1 Å². The van der Waals surface area contributed by atoms with Gasteiger partial charge < -0.3 is 15.1 Å². The summed E-state index contributed by atoms with van der Waals surface area (Å²) < 4.78 is 13.3. The number of benzene rings is 1. The second-order valence-corrected chi connectivity index (χ2v) is 5.67. The molecular weight excluding hydrogens is 285 g/mol. The van der Waals surface area contributed by atoms with E-state index in [2.05, 4.69) is 5.32 Å². The van der Waals surface area contributed by atoms with Crippen LogP contribution in [0.25, 0.3) is 0 Å². The van der Waals surface area contributed by atoms with Crippen LogP contribution in [0.3, 0.4) is 0 Å². The van der Waals surface area contributed by atoms with E-state index >= 15 is 0 Å². The van der Waals surface area contributed by atoms with Gasteiger partial charge in [0, 0.05) is 37.8 Å². The Kier molecular flexibility index (Phi) is 5.49. The monoisotopic (exact) mass is 307 g/mol. The summed E-state index contributed by atoms with van der Waals surface area (Å²) in [6.45, 7) is 6.56. The number of nitrogens with zero attached hydrogens (tertiary/aromatic N) is 2. The molecule has 1 aromatic rings. The molecule has 0 unspecified atom stereocenters. The topological polar surface area (TPSA) is 52.7 Å². The third kappa shape index (κ3) is 4.04. The normalized spacial score (nSPS) is 15.0. The lowest BCUT2D eigenvalue weighted by Crippen LogP contribution is -2.51. The average molecular weight is 307 g/mol. The van der Waals surface area contributed by atoms with Gasteiger partial charge in [0.05, 0.1) is 0 Å². The number of nitrogens with one attached hydrogen (secondary N) is 1. The van der Waals surface area contributed by atoms with Gasteiger partial charge >= 0.3 is 0 Å². The van der Waals surface area contributed by atoms with Crippen molar-refractivity contribution in [2.45, 2.75) is 19.9 Å². The third-order valence-electron chi connectivity index (χ3n) is 3.73. The van der Waals surface area contributed by atoms with E-state index in [9.17, 15) is 14.0 Å². The Morgan fingerprint density at radius 3 is 2.59 bits per heavy atom. The first-order valence-electron chi connectivity index (χ1n) is 7.54. The van der Waals surface area contributed by atoms with Crippen molar-refractivity contribution in [1.82, 2.24) is 15.1 Å². The second-order valence-electron chi connectivity index (χ2n) is 5.67. The van der Waals surface area contributed by atoms with Crippen LogP contribution in [0.1, 0.15) is 24.2 Å². The van der Waals surface area contributed by atoms with Crippen molar-refractivity contribution in [2.75, 3.05) is 32.7 Å². The highest BCUT2D eigenvalue weighted by atomic mass is 19.1. The minimum atomic E-state index is -0.456. The predicted molar refractivity (Wildman–Crippen MR) is 82.0 cm³/mol. The lowest BCUT2D eigenvalue weighted by Gasteiger charge is -2.32. The van der Waals surface area contributed by atoms with Crippen LogP contribution in [0, 0.1) is 5.82 Å². The SMILES string of the molecule is CC(C)N(CC(=O)N1CCNCC1)C(=O)c1cccc(F)c1. The molecule has 0 atom stereocenters. The summed E-state index contributed by atoms with van der Waals surface area (Å²) in [7, 11) is 0. The molecule has 0 bridgehead atoms. The average Bonchev–Trinajstić information content (AvgIpc) is 2.52. The van der Waals surface area contributed by atoms with Gasteiger partial charge in [-0.3, -0.25) is 9.59 Å². The molecule has 5 nitrogen and oxygen atoms in total. The number of amides is 2. The molecule has 2 amide bonds. The Hall–Kier alpha value is -1.95. The number of hydrogen-bond donors (Lipinski definition) is 1. The van der Waals surface area contributed by atoms with Crippen molar-refractivity contribution in [3.63, 3.8) is 0 Å². The molecule has 0 radical (unpaired) electrons. The van der Waals surface area contributed by atoms with E-state index in [0.29, 0.717) is 13.1 Å². The van der Waals surface area contributed by atoms with Gasteiger partial charge in [0.2, 0.25) is 5.91 Å². The molecule has 0 spiro atoms. The Morgan fingerprint density at radius 2 is 2.00 bits per heavy atom. The highest BCUT2D eigenvalue weighted by molar-refractivity contribution is 5.96. The second kappa shape index (κ2) is 7.35. The van der Waals surface area contributed by atoms with Crippen LogP contribution in [0.4, 0.5) is 4.39 Å². The van der Waals surface area contributed by atoms with Crippen LogP contribution < -0.4 is 5.32 Å². The van der Waals surface area contributed by atoms with Crippen LogP contribution in [0.15, 0.2) is 24.3 Å². The summed E-state index contributed by atoms with van der Waals surface area (Å²) in [5, 5.41) is 3.18. The molecule has 1 aliphatic heterocycles. The van der Waals surface area contributed by atoms with Gasteiger partial charge in [-0.05, 0) is 32.0 Å². The molecule has 1 saturated heterocycles. The van der Waals surface area contributed by atoms with Gasteiger partial charge in [-0.15, -0.1) is 0 Å². The number of rotatable bonds is 4. The number of piperazine rings is 1.